The van der Waals surface area contributed by atoms with Gasteiger partial charge in [-0.3, -0.25) is 14.4 Å². The summed E-state index contributed by atoms with van der Waals surface area (Å²) in [5, 5.41) is 5.26. The average molecular weight is 494 g/mol. The molecule has 35 heavy (non-hydrogen) atoms. The van der Waals surface area contributed by atoms with Crippen molar-refractivity contribution in [2.24, 2.45) is 0 Å². The fourth-order valence-electron chi connectivity index (χ4n) is 3.40. The molecular formula is C25H20ClN3O6. The number of carbonyl (C=O) groups excluding carboxylic acids is 4. The van der Waals surface area contributed by atoms with E-state index in [0.717, 1.165) is 4.90 Å². The number of furan rings is 1. The summed E-state index contributed by atoms with van der Waals surface area (Å²) >= 11 is 6.20. The Hall–Kier alpha value is -4.37. The Bertz CT molecular complexity index is 1330. The second kappa shape index (κ2) is 10.3. The van der Waals surface area contributed by atoms with E-state index in [9.17, 15) is 19.2 Å². The van der Waals surface area contributed by atoms with Gasteiger partial charge in [-0.15, -0.1) is 0 Å². The largest absolute Gasteiger partial charge is 0.467 e. The normalized spacial score (nSPS) is 13.3. The molecule has 2 N–H and O–H groups in total. The van der Waals surface area contributed by atoms with Crippen LogP contribution < -0.4 is 15.5 Å². The molecule has 9 nitrogen and oxygen atoms in total. The van der Waals surface area contributed by atoms with E-state index < -0.39 is 17.8 Å². The summed E-state index contributed by atoms with van der Waals surface area (Å²) < 4.78 is 10.2. The molecular weight excluding hydrogens is 474 g/mol. The van der Waals surface area contributed by atoms with Gasteiger partial charge in [-0.25, -0.2) is 9.69 Å². The van der Waals surface area contributed by atoms with Gasteiger partial charge in [0.1, 0.15) is 16.5 Å². The molecule has 1 aromatic heterocycles. The summed E-state index contributed by atoms with van der Waals surface area (Å²) in [7, 11) is 0. The zero-order valence-electron chi connectivity index (χ0n) is 18.5. The first-order valence-corrected chi connectivity index (χ1v) is 11.0. The third-order valence-electron chi connectivity index (χ3n) is 5.04. The van der Waals surface area contributed by atoms with E-state index in [1.54, 1.807) is 37.3 Å². The predicted molar refractivity (Wildman–Crippen MR) is 128 cm³/mol. The maximum Gasteiger partial charge on any atom is 0.338 e. The minimum absolute atomic E-state index is 0.147. The lowest BCUT2D eigenvalue weighted by Gasteiger charge is -2.16. The Labute approximate surface area is 205 Å². The van der Waals surface area contributed by atoms with Gasteiger partial charge in [-0.05, 0) is 55.5 Å². The fourth-order valence-corrected chi connectivity index (χ4v) is 3.61. The minimum atomic E-state index is -0.743. The van der Waals surface area contributed by atoms with Gasteiger partial charge in [0.15, 0.2) is 0 Å². The lowest BCUT2D eigenvalue weighted by atomic mass is 10.1. The molecule has 1 aliphatic heterocycles. The standard InChI is InChI=1S/C25H20ClN3O6/c1-2-34-25(33)16-7-4-9-18(13-16)29-23(31)20(26)21(24(29)32)28-17-8-3-6-15(12-17)22(30)27-14-19-10-5-11-35-19/h3-13,28H,2,14H2,1H3,(H,27,30). The SMILES string of the molecule is CCOC(=O)c1cccc(N2C(=O)C(Cl)=C(Nc3cccc(C(=O)NCc4ccco4)c3)C2=O)c1. The monoisotopic (exact) mass is 493 g/mol. The van der Waals surface area contributed by atoms with E-state index in [-0.39, 0.29) is 41.0 Å². The van der Waals surface area contributed by atoms with Crippen molar-refractivity contribution in [3.8, 4) is 0 Å². The molecule has 178 valence electrons. The van der Waals surface area contributed by atoms with Crippen LogP contribution in [0.3, 0.4) is 0 Å². The molecule has 0 saturated carbocycles. The number of amides is 3. The van der Waals surface area contributed by atoms with Gasteiger partial charge in [0.25, 0.3) is 17.7 Å². The van der Waals surface area contributed by atoms with Crippen molar-refractivity contribution < 1.29 is 28.3 Å². The summed E-state index contributed by atoms with van der Waals surface area (Å²) in [6, 6.07) is 15.8. The van der Waals surface area contributed by atoms with Gasteiger partial charge < -0.3 is 19.8 Å². The predicted octanol–water partition coefficient (Wildman–Crippen LogP) is 3.82. The number of esters is 1. The van der Waals surface area contributed by atoms with Gasteiger partial charge in [0.05, 0.1) is 30.7 Å². The third kappa shape index (κ3) is 5.10. The van der Waals surface area contributed by atoms with Crippen LogP contribution in [-0.4, -0.2) is 30.3 Å². The highest BCUT2D eigenvalue weighted by molar-refractivity contribution is 6.53. The third-order valence-corrected chi connectivity index (χ3v) is 5.39. The van der Waals surface area contributed by atoms with Crippen molar-refractivity contribution in [2.75, 3.05) is 16.8 Å². The Balaban J connectivity index is 1.50. The van der Waals surface area contributed by atoms with E-state index in [1.165, 1.54) is 36.6 Å². The highest BCUT2D eigenvalue weighted by atomic mass is 35.5. The molecule has 0 saturated heterocycles. The highest BCUT2D eigenvalue weighted by Gasteiger charge is 2.39. The van der Waals surface area contributed by atoms with Gasteiger partial charge in [-0.1, -0.05) is 23.7 Å². The lowest BCUT2D eigenvalue weighted by molar-refractivity contribution is -0.120. The summed E-state index contributed by atoms with van der Waals surface area (Å²) in [6.07, 6.45) is 1.51. The van der Waals surface area contributed by atoms with Crippen LogP contribution in [0.2, 0.25) is 0 Å². The van der Waals surface area contributed by atoms with Gasteiger partial charge >= 0.3 is 5.97 Å². The maximum atomic E-state index is 13.1. The van der Waals surface area contributed by atoms with E-state index in [1.807, 2.05) is 0 Å². The number of nitrogens with zero attached hydrogens (tertiary/aromatic N) is 1. The zero-order chi connectivity index (χ0) is 24.9. The summed E-state index contributed by atoms with van der Waals surface area (Å²) in [6.45, 7) is 2.08. The molecule has 0 unspecified atom stereocenters. The molecule has 4 rings (SSSR count). The van der Waals surface area contributed by atoms with Gasteiger partial charge in [0.2, 0.25) is 0 Å². The minimum Gasteiger partial charge on any atom is -0.467 e. The van der Waals surface area contributed by atoms with Crippen LogP contribution in [0.4, 0.5) is 11.4 Å². The molecule has 0 aliphatic carbocycles. The van der Waals surface area contributed by atoms with Crippen LogP contribution >= 0.6 is 11.6 Å². The quantitative estimate of drug-likeness (QED) is 0.361. The molecule has 0 radical (unpaired) electrons. The molecule has 10 heteroatoms. The van der Waals surface area contributed by atoms with Crippen molar-refractivity contribution >= 4 is 46.7 Å². The number of hydrogen-bond acceptors (Lipinski definition) is 7. The van der Waals surface area contributed by atoms with Crippen LogP contribution in [0.15, 0.2) is 82.1 Å². The van der Waals surface area contributed by atoms with Crippen molar-refractivity contribution in [2.45, 2.75) is 13.5 Å². The molecule has 0 atom stereocenters. The van der Waals surface area contributed by atoms with Crippen molar-refractivity contribution in [3.05, 3.63) is 94.5 Å². The fraction of sp³-hybridized carbons (Fsp3) is 0.120. The number of halogens is 1. The smallest absolute Gasteiger partial charge is 0.338 e. The van der Waals surface area contributed by atoms with Crippen LogP contribution in [0.5, 0.6) is 0 Å². The van der Waals surface area contributed by atoms with Crippen LogP contribution in [0.25, 0.3) is 0 Å². The Morgan fingerprint density at radius 2 is 1.77 bits per heavy atom. The topological polar surface area (TPSA) is 118 Å². The average Bonchev–Trinajstić information content (AvgIpc) is 3.46. The second-order valence-electron chi connectivity index (χ2n) is 7.37. The zero-order valence-corrected chi connectivity index (χ0v) is 19.3. The summed E-state index contributed by atoms with van der Waals surface area (Å²) in [5.74, 6) is -1.77. The molecule has 0 fully saturated rings. The lowest BCUT2D eigenvalue weighted by Crippen LogP contribution is -2.32. The molecule has 1 aliphatic rings. The van der Waals surface area contributed by atoms with E-state index >= 15 is 0 Å². The number of carbonyl (C=O) groups is 4. The number of imide groups is 1. The Morgan fingerprint density at radius 3 is 2.51 bits per heavy atom. The molecule has 0 spiro atoms. The number of ether oxygens (including phenoxy) is 1. The van der Waals surface area contributed by atoms with Crippen molar-refractivity contribution in [3.63, 3.8) is 0 Å². The van der Waals surface area contributed by atoms with E-state index in [4.69, 9.17) is 20.8 Å². The van der Waals surface area contributed by atoms with Crippen molar-refractivity contribution in [1.82, 2.24) is 5.32 Å². The molecule has 3 aromatic rings. The molecule has 2 aromatic carbocycles. The van der Waals surface area contributed by atoms with Gasteiger partial charge in [0, 0.05) is 11.3 Å². The number of nitrogens with one attached hydrogen (secondary N) is 2. The first-order chi connectivity index (χ1) is 16.9. The highest BCUT2D eigenvalue weighted by Crippen LogP contribution is 2.30. The first kappa shape index (κ1) is 23.8. The van der Waals surface area contributed by atoms with E-state index in [2.05, 4.69) is 10.6 Å². The Kier molecular flexibility index (Phi) is 6.98. The van der Waals surface area contributed by atoms with E-state index in [0.29, 0.717) is 17.0 Å². The number of benzene rings is 2. The molecule has 3 amide bonds. The maximum absolute atomic E-state index is 13.1. The van der Waals surface area contributed by atoms with Crippen LogP contribution in [0.1, 0.15) is 33.4 Å². The number of hydrogen-bond donors (Lipinski definition) is 2. The number of anilines is 2. The van der Waals surface area contributed by atoms with Crippen LogP contribution in [-0.2, 0) is 20.9 Å². The Morgan fingerprint density at radius 1 is 1.00 bits per heavy atom. The van der Waals surface area contributed by atoms with Crippen molar-refractivity contribution in [1.29, 1.82) is 0 Å². The second-order valence-corrected chi connectivity index (χ2v) is 7.75. The number of rotatable bonds is 8. The molecule has 2 heterocycles. The van der Waals surface area contributed by atoms with Crippen LogP contribution in [0, 0.1) is 0 Å². The first-order valence-electron chi connectivity index (χ1n) is 10.6. The van der Waals surface area contributed by atoms with Gasteiger partial charge in [-0.2, -0.15) is 0 Å². The molecule has 0 bridgehead atoms. The summed E-state index contributed by atoms with van der Waals surface area (Å²) in [5.41, 5.74) is 0.926. The summed E-state index contributed by atoms with van der Waals surface area (Å²) in [4.78, 5) is 51.3.